The van der Waals surface area contributed by atoms with Gasteiger partial charge < -0.3 is 25.0 Å². The lowest BCUT2D eigenvalue weighted by molar-refractivity contribution is 0.0700. The minimum absolute atomic E-state index is 0.0497. The molecule has 0 bridgehead atoms. The predicted octanol–water partition coefficient (Wildman–Crippen LogP) is 4.64. The Morgan fingerprint density at radius 3 is 2.60 bits per heavy atom. The average molecular weight is 535 g/mol. The number of amides is 1. The topological polar surface area (TPSA) is 108 Å². The summed E-state index contributed by atoms with van der Waals surface area (Å²) in [5, 5.41) is 14.1. The Kier molecular flexibility index (Phi) is 6.41. The molecule has 3 atom stereocenters. The van der Waals surface area contributed by atoms with Crippen LogP contribution in [0.2, 0.25) is 10.0 Å². The Bertz CT molecular complexity index is 1290. The highest BCUT2D eigenvalue weighted by molar-refractivity contribution is 7.17. The highest BCUT2D eigenvalue weighted by atomic mass is 35.5. The molecule has 8 nitrogen and oxygen atoms in total. The number of ether oxygens (including phenoxy) is 1. The zero-order valence-electron chi connectivity index (χ0n) is 19.1. The van der Waals surface area contributed by atoms with Crippen LogP contribution in [-0.2, 0) is 6.42 Å². The van der Waals surface area contributed by atoms with E-state index in [1.54, 1.807) is 6.92 Å². The number of para-hydroxylation sites is 1. The van der Waals surface area contributed by atoms with Crippen molar-refractivity contribution in [2.45, 2.75) is 26.3 Å². The monoisotopic (exact) mass is 534 g/mol. The molecule has 1 aromatic carbocycles. The van der Waals surface area contributed by atoms with Crippen molar-refractivity contribution in [2.75, 3.05) is 24.6 Å². The molecule has 0 radical (unpaired) electrons. The van der Waals surface area contributed by atoms with E-state index >= 15 is 0 Å². The van der Waals surface area contributed by atoms with Crippen LogP contribution in [0.5, 0.6) is 5.75 Å². The SMILES string of the molecule is CCOc1ccccc1Cc1nc(N2C[C@@H]3C(NC(=O)c4[nH]c(C)c(Cl)c4Cl)[C@@H]3C2)sc1C(=O)O. The van der Waals surface area contributed by atoms with Gasteiger partial charge in [0.15, 0.2) is 5.13 Å². The van der Waals surface area contributed by atoms with Crippen LogP contribution in [-0.4, -0.2) is 52.7 Å². The highest BCUT2D eigenvalue weighted by Crippen LogP contribution is 2.48. The van der Waals surface area contributed by atoms with Crippen LogP contribution in [0.3, 0.4) is 0 Å². The number of nitrogens with one attached hydrogen (secondary N) is 2. The van der Waals surface area contributed by atoms with Crippen molar-refractivity contribution < 1.29 is 19.4 Å². The molecule has 11 heteroatoms. The fourth-order valence-corrected chi connectivity index (χ4v) is 6.09. The number of carbonyl (C=O) groups is 2. The van der Waals surface area contributed by atoms with E-state index in [2.05, 4.69) is 15.2 Å². The lowest BCUT2D eigenvalue weighted by atomic mass is 10.1. The van der Waals surface area contributed by atoms with Gasteiger partial charge in [0.05, 0.1) is 22.3 Å². The lowest BCUT2D eigenvalue weighted by Crippen LogP contribution is -2.34. The fourth-order valence-electron chi connectivity index (χ4n) is 4.74. The molecule has 1 unspecified atom stereocenters. The molecule has 2 aliphatic rings. The molecule has 5 rings (SSSR count). The number of nitrogens with zero attached hydrogens (tertiary/aromatic N) is 2. The van der Waals surface area contributed by atoms with E-state index in [4.69, 9.17) is 32.9 Å². The summed E-state index contributed by atoms with van der Waals surface area (Å²) < 4.78 is 5.69. The molecule has 184 valence electrons. The molecule has 0 spiro atoms. The van der Waals surface area contributed by atoms with Crippen molar-refractivity contribution in [1.29, 1.82) is 0 Å². The van der Waals surface area contributed by atoms with Crippen LogP contribution in [0.1, 0.15) is 44.0 Å². The fraction of sp³-hybridized carbons (Fsp3) is 0.375. The number of carboxylic acids is 1. The third-order valence-corrected chi connectivity index (χ3v) is 8.65. The Hall–Kier alpha value is -2.75. The van der Waals surface area contributed by atoms with Crippen molar-refractivity contribution in [3.63, 3.8) is 0 Å². The van der Waals surface area contributed by atoms with Gasteiger partial charge in [0.25, 0.3) is 5.91 Å². The quantitative estimate of drug-likeness (QED) is 0.388. The third-order valence-electron chi connectivity index (χ3n) is 6.55. The van der Waals surface area contributed by atoms with Gasteiger partial charge in [-0.1, -0.05) is 52.7 Å². The Morgan fingerprint density at radius 1 is 1.26 bits per heavy atom. The smallest absolute Gasteiger partial charge is 0.347 e. The Labute approximate surface area is 216 Å². The van der Waals surface area contributed by atoms with Crippen LogP contribution in [0.4, 0.5) is 5.13 Å². The van der Waals surface area contributed by atoms with Gasteiger partial charge in [-0.2, -0.15) is 0 Å². The van der Waals surface area contributed by atoms with Crippen LogP contribution in [0.15, 0.2) is 24.3 Å². The number of rotatable bonds is 8. The van der Waals surface area contributed by atoms with E-state index in [9.17, 15) is 14.7 Å². The molecule has 1 aliphatic carbocycles. The second kappa shape index (κ2) is 9.37. The maximum absolute atomic E-state index is 12.6. The normalized spacial score (nSPS) is 20.6. The second-order valence-corrected chi connectivity index (χ2v) is 10.5. The molecule has 35 heavy (non-hydrogen) atoms. The summed E-state index contributed by atoms with van der Waals surface area (Å²) in [4.78, 5) is 34.6. The molecular formula is C24H24Cl2N4O4S. The largest absolute Gasteiger partial charge is 0.494 e. The molecule has 2 aromatic heterocycles. The van der Waals surface area contributed by atoms with Crippen molar-refractivity contribution in [3.05, 3.63) is 61.8 Å². The zero-order chi connectivity index (χ0) is 24.9. The number of halogens is 2. The first-order valence-corrected chi connectivity index (χ1v) is 12.9. The van der Waals surface area contributed by atoms with Crippen LogP contribution in [0.25, 0.3) is 0 Å². The Morgan fingerprint density at radius 2 is 1.97 bits per heavy atom. The van der Waals surface area contributed by atoms with Crippen LogP contribution in [0, 0.1) is 18.8 Å². The van der Waals surface area contributed by atoms with Crippen LogP contribution >= 0.6 is 34.5 Å². The summed E-state index contributed by atoms with van der Waals surface area (Å²) in [6, 6.07) is 7.66. The maximum atomic E-state index is 12.6. The number of carboxylic acid groups (broad SMARTS) is 1. The van der Waals surface area contributed by atoms with Gasteiger partial charge in [0, 0.05) is 48.6 Å². The van der Waals surface area contributed by atoms with Crippen molar-refractivity contribution >= 4 is 51.5 Å². The number of hydrogen-bond donors (Lipinski definition) is 3. The Balaban J connectivity index is 1.26. The molecule has 1 amide bonds. The summed E-state index contributed by atoms with van der Waals surface area (Å²) in [7, 11) is 0. The van der Waals surface area contributed by atoms with Gasteiger partial charge >= 0.3 is 5.97 Å². The van der Waals surface area contributed by atoms with Crippen molar-refractivity contribution in [2.24, 2.45) is 11.8 Å². The summed E-state index contributed by atoms with van der Waals surface area (Å²) >= 11 is 13.4. The molecule has 1 saturated heterocycles. The molecule has 1 saturated carbocycles. The van der Waals surface area contributed by atoms with E-state index in [0.29, 0.717) is 47.7 Å². The van der Waals surface area contributed by atoms with Gasteiger partial charge in [-0.25, -0.2) is 9.78 Å². The van der Waals surface area contributed by atoms with Gasteiger partial charge in [-0.3, -0.25) is 4.79 Å². The number of aromatic amines is 1. The lowest BCUT2D eigenvalue weighted by Gasteiger charge is -2.19. The van der Waals surface area contributed by atoms with Gasteiger partial charge in [-0.05, 0) is 19.9 Å². The number of aromatic nitrogens is 2. The molecule has 3 N–H and O–H groups in total. The number of thiazole rings is 1. The second-order valence-electron chi connectivity index (χ2n) is 8.78. The zero-order valence-corrected chi connectivity index (χ0v) is 21.4. The number of H-pyrrole nitrogens is 1. The number of piperidine rings is 1. The molecule has 3 aromatic rings. The number of benzene rings is 1. The summed E-state index contributed by atoms with van der Waals surface area (Å²) in [6.45, 7) is 5.61. The minimum Gasteiger partial charge on any atom is -0.494 e. The standard InChI is InChI=1S/C24H24Cl2N4O4S/c1-3-34-16-7-5-4-6-12(16)8-15-21(23(32)33)35-24(28-15)30-9-13-14(10-30)19(13)29-22(31)20-18(26)17(25)11(2)27-20/h4-7,13-14,19,27H,3,8-10H2,1-2H3,(H,29,31)(H,32,33)/t13-,14+,19?. The number of hydrogen-bond acceptors (Lipinski definition) is 6. The molecular weight excluding hydrogens is 511 g/mol. The van der Waals surface area contributed by atoms with E-state index in [0.717, 1.165) is 11.3 Å². The number of carbonyl (C=O) groups excluding carboxylic acids is 1. The highest BCUT2D eigenvalue weighted by Gasteiger charge is 2.57. The number of aromatic carboxylic acids is 1. The van der Waals surface area contributed by atoms with Gasteiger partial charge in [0.2, 0.25) is 0 Å². The average Bonchev–Trinajstić information content (AvgIpc) is 3.20. The van der Waals surface area contributed by atoms with E-state index < -0.39 is 5.97 Å². The van der Waals surface area contributed by atoms with Crippen molar-refractivity contribution in [1.82, 2.24) is 15.3 Å². The van der Waals surface area contributed by atoms with Crippen molar-refractivity contribution in [3.8, 4) is 5.75 Å². The van der Waals surface area contributed by atoms with Gasteiger partial charge in [-0.15, -0.1) is 0 Å². The first-order chi connectivity index (χ1) is 16.8. The molecule has 2 fully saturated rings. The number of fused-ring (bicyclic) bond motifs is 1. The van der Waals surface area contributed by atoms with E-state index in [1.807, 2.05) is 31.2 Å². The third kappa shape index (κ3) is 4.48. The maximum Gasteiger partial charge on any atom is 0.347 e. The number of aryl methyl sites for hydroxylation is 1. The van der Waals surface area contributed by atoms with Crippen LogP contribution < -0.4 is 15.0 Å². The summed E-state index contributed by atoms with van der Waals surface area (Å²) in [5.74, 6) is 0.0465. The molecule has 3 heterocycles. The first kappa shape index (κ1) is 24.0. The van der Waals surface area contributed by atoms with E-state index in [-0.39, 0.29) is 39.4 Å². The van der Waals surface area contributed by atoms with Gasteiger partial charge in [0.1, 0.15) is 16.3 Å². The summed E-state index contributed by atoms with van der Waals surface area (Å²) in [5.41, 5.74) is 2.36. The minimum atomic E-state index is -0.982. The molecule has 1 aliphatic heterocycles. The first-order valence-electron chi connectivity index (χ1n) is 11.3. The summed E-state index contributed by atoms with van der Waals surface area (Å²) in [6.07, 6.45) is 0.382. The number of anilines is 1. The van der Waals surface area contributed by atoms with E-state index in [1.165, 1.54) is 11.3 Å². The predicted molar refractivity (Wildman–Crippen MR) is 135 cm³/mol.